The minimum Gasteiger partial charge on any atom is -0.369 e. The third-order valence-electron chi connectivity index (χ3n) is 2.46. The number of hydrogen-bond acceptors (Lipinski definition) is 4. The van der Waals surface area contributed by atoms with Gasteiger partial charge in [0.2, 0.25) is 0 Å². The number of thioether (sulfide) groups is 1. The molecule has 1 aromatic rings. The fraction of sp³-hybridized carbons (Fsp3) is 0.667. The van der Waals surface area contributed by atoms with E-state index in [0.717, 1.165) is 35.6 Å². The van der Waals surface area contributed by atoms with Crippen molar-refractivity contribution < 1.29 is 0 Å². The van der Waals surface area contributed by atoms with Crippen LogP contribution >= 0.6 is 27.7 Å². The Hall–Kier alpha value is -0.290. The Morgan fingerprint density at radius 2 is 2.12 bits per heavy atom. The zero-order valence-electron chi connectivity index (χ0n) is 10.9. The molecule has 1 aromatic heterocycles. The summed E-state index contributed by atoms with van der Waals surface area (Å²) in [6.07, 6.45) is 4.10. The van der Waals surface area contributed by atoms with Gasteiger partial charge in [-0.2, -0.15) is 11.8 Å². The summed E-state index contributed by atoms with van der Waals surface area (Å²) in [5, 5.41) is 3.37. The van der Waals surface area contributed by atoms with Crippen molar-refractivity contribution in [3.63, 3.8) is 0 Å². The summed E-state index contributed by atoms with van der Waals surface area (Å²) < 4.78 is 1.06. The fourth-order valence-electron chi connectivity index (χ4n) is 1.27. The van der Waals surface area contributed by atoms with Crippen molar-refractivity contribution in [3.05, 3.63) is 16.5 Å². The third-order valence-corrected chi connectivity index (χ3v) is 4.12. The van der Waals surface area contributed by atoms with Crippen molar-refractivity contribution in [3.8, 4) is 0 Å². The van der Waals surface area contributed by atoms with Crippen LogP contribution in [0.3, 0.4) is 0 Å². The highest BCUT2D eigenvalue weighted by atomic mass is 79.9. The molecule has 17 heavy (non-hydrogen) atoms. The lowest BCUT2D eigenvalue weighted by Crippen LogP contribution is -2.26. The summed E-state index contributed by atoms with van der Waals surface area (Å²) >= 11 is 5.27. The molecule has 0 aliphatic rings. The van der Waals surface area contributed by atoms with Gasteiger partial charge in [-0.05, 0) is 42.5 Å². The summed E-state index contributed by atoms with van der Waals surface area (Å²) in [6, 6.07) is 1.93. The van der Waals surface area contributed by atoms with Gasteiger partial charge in [0, 0.05) is 23.8 Å². The second-order valence-corrected chi connectivity index (χ2v) is 6.89. The third kappa shape index (κ3) is 5.25. The predicted octanol–water partition coefficient (Wildman–Crippen LogP) is 3.75. The van der Waals surface area contributed by atoms with Gasteiger partial charge in [-0.25, -0.2) is 9.97 Å². The van der Waals surface area contributed by atoms with Crippen LogP contribution in [0.2, 0.25) is 0 Å². The maximum Gasteiger partial charge on any atom is 0.132 e. The number of nitrogens with one attached hydrogen (secondary N) is 1. The monoisotopic (exact) mass is 317 g/mol. The van der Waals surface area contributed by atoms with Gasteiger partial charge < -0.3 is 5.32 Å². The molecule has 0 aliphatic carbocycles. The van der Waals surface area contributed by atoms with Crippen molar-refractivity contribution >= 4 is 33.5 Å². The van der Waals surface area contributed by atoms with Crippen molar-refractivity contribution in [1.29, 1.82) is 0 Å². The maximum atomic E-state index is 4.50. The molecule has 0 bridgehead atoms. The minimum atomic E-state index is 0.211. The fourth-order valence-corrected chi connectivity index (χ4v) is 1.90. The Morgan fingerprint density at radius 1 is 1.41 bits per heavy atom. The first-order valence-electron chi connectivity index (χ1n) is 5.79. The van der Waals surface area contributed by atoms with Gasteiger partial charge in [0.1, 0.15) is 16.2 Å². The summed E-state index contributed by atoms with van der Waals surface area (Å²) in [7, 11) is 0. The van der Waals surface area contributed by atoms with Crippen LogP contribution in [-0.4, -0.2) is 27.5 Å². The first kappa shape index (κ1) is 14.8. The van der Waals surface area contributed by atoms with Crippen LogP contribution in [-0.2, 0) is 6.42 Å². The lowest BCUT2D eigenvalue weighted by atomic mass is 10.2. The van der Waals surface area contributed by atoms with Crippen molar-refractivity contribution in [2.45, 2.75) is 38.4 Å². The molecule has 0 aromatic carbocycles. The number of hydrogen-bond donors (Lipinski definition) is 1. The molecule has 0 saturated carbocycles. The Kier molecular flexibility index (Phi) is 5.73. The van der Waals surface area contributed by atoms with Crippen LogP contribution in [0.15, 0.2) is 10.7 Å². The molecule has 0 spiro atoms. The zero-order chi connectivity index (χ0) is 12.9. The van der Waals surface area contributed by atoms with Gasteiger partial charge in [-0.3, -0.25) is 0 Å². The molecule has 0 unspecified atom stereocenters. The number of aryl methyl sites for hydroxylation is 1. The van der Waals surface area contributed by atoms with E-state index in [1.54, 1.807) is 0 Å². The predicted molar refractivity (Wildman–Crippen MR) is 79.8 cm³/mol. The zero-order valence-corrected chi connectivity index (χ0v) is 13.3. The molecule has 96 valence electrons. The molecule has 1 rings (SSSR count). The molecule has 0 atom stereocenters. The Balaban J connectivity index is 2.70. The maximum absolute atomic E-state index is 4.50. The molecule has 0 aliphatic heterocycles. The summed E-state index contributed by atoms with van der Waals surface area (Å²) in [6.45, 7) is 7.46. The van der Waals surface area contributed by atoms with E-state index in [9.17, 15) is 0 Å². The average Bonchev–Trinajstić information content (AvgIpc) is 2.26. The molecule has 0 amide bonds. The summed E-state index contributed by atoms with van der Waals surface area (Å²) in [4.78, 5) is 8.85. The van der Waals surface area contributed by atoms with E-state index in [0.29, 0.717) is 0 Å². The van der Waals surface area contributed by atoms with Gasteiger partial charge in [-0.1, -0.05) is 6.92 Å². The number of aromatic nitrogens is 2. The second kappa shape index (κ2) is 6.59. The van der Waals surface area contributed by atoms with Crippen LogP contribution in [0, 0.1) is 0 Å². The molecule has 1 N–H and O–H groups in total. The van der Waals surface area contributed by atoms with Gasteiger partial charge in [-0.15, -0.1) is 0 Å². The largest absolute Gasteiger partial charge is 0.369 e. The molecule has 5 heteroatoms. The SMILES string of the molecule is CCCc1nc(Br)cc(NCC(C)(C)SC)n1. The van der Waals surface area contributed by atoms with Gasteiger partial charge in [0.05, 0.1) is 0 Å². The minimum absolute atomic E-state index is 0.211. The van der Waals surface area contributed by atoms with E-state index >= 15 is 0 Å². The quantitative estimate of drug-likeness (QED) is 0.811. The van der Waals surface area contributed by atoms with E-state index in [2.05, 4.69) is 58.2 Å². The molecule has 0 radical (unpaired) electrons. The highest BCUT2D eigenvalue weighted by molar-refractivity contribution is 9.10. The van der Waals surface area contributed by atoms with E-state index < -0.39 is 0 Å². The Labute approximate surface area is 116 Å². The number of nitrogens with zero attached hydrogens (tertiary/aromatic N) is 2. The lowest BCUT2D eigenvalue weighted by molar-refractivity contribution is 0.746. The van der Waals surface area contributed by atoms with Crippen molar-refractivity contribution in [1.82, 2.24) is 9.97 Å². The molecular weight excluding hydrogens is 298 g/mol. The topological polar surface area (TPSA) is 37.8 Å². The number of halogens is 1. The first-order valence-corrected chi connectivity index (χ1v) is 7.81. The Morgan fingerprint density at radius 3 is 2.71 bits per heavy atom. The standard InChI is InChI=1S/C12H20BrN3S/c1-5-6-10-15-9(13)7-11(16-10)14-8-12(2,3)17-4/h7H,5-6,8H2,1-4H3,(H,14,15,16). The normalized spacial score (nSPS) is 11.6. The van der Waals surface area contributed by atoms with Gasteiger partial charge >= 0.3 is 0 Å². The molecule has 1 heterocycles. The molecule has 0 fully saturated rings. The highest BCUT2D eigenvalue weighted by Gasteiger charge is 2.15. The van der Waals surface area contributed by atoms with E-state index in [1.807, 2.05) is 17.8 Å². The van der Waals surface area contributed by atoms with E-state index in [1.165, 1.54) is 0 Å². The van der Waals surface area contributed by atoms with Crippen LogP contribution in [0.4, 0.5) is 5.82 Å². The van der Waals surface area contributed by atoms with E-state index in [4.69, 9.17) is 0 Å². The lowest BCUT2D eigenvalue weighted by Gasteiger charge is -2.22. The van der Waals surface area contributed by atoms with Crippen LogP contribution in [0.1, 0.15) is 33.0 Å². The average molecular weight is 318 g/mol. The smallest absolute Gasteiger partial charge is 0.132 e. The van der Waals surface area contributed by atoms with Crippen molar-refractivity contribution in [2.75, 3.05) is 18.1 Å². The number of anilines is 1. The van der Waals surface area contributed by atoms with Crippen molar-refractivity contribution in [2.24, 2.45) is 0 Å². The molecule has 3 nitrogen and oxygen atoms in total. The first-order chi connectivity index (χ1) is 7.96. The van der Waals surface area contributed by atoms with E-state index in [-0.39, 0.29) is 4.75 Å². The second-order valence-electron chi connectivity index (χ2n) is 4.56. The summed E-state index contributed by atoms with van der Waals surface area (Å²) in [5.41, 5.74) is 0. The van der Waals surface area contributed by atoms with Crippen LogP contribution < -0.4 is 5.32 Å². The van der Waals surface area contributed by atoms with Gasteiger partial charge in [0.25, 0.3) is 0 Å². The van der Waals surface area contributed by atoms with Crippen LogP contribution in [0.5, 0.6) is 0 Å². The highest BCUT2D eigenvalue weighted by Crippen LogP contribution is 2.22. The Bertz CT molecular complexity index is 369. The molecule has 0 saturated heterocycles. The molecular formula is C12H20BrN3S. The summed E-state index contributed by atoms with van der Waals surface area (Å²) in [5.74, 6) is 1.80. The van der Waals surface area contributed by atoms with Crippen LogP contribution in [0.25, 0.3) is 0 Å². The number of rotatable bonds is 6. The van der Waals surface area contributed by atoms with Gasteiger partial charge in [0.15, 0.2) is 0 Å².